The minimum Gasteiger partial charge on any atom is -0.309 e. The minimum atomic E-state index is 0.323. The van der Waals surface area contributed by atoms with Gasteiger partial charge in [-0.05, 0) is 19.9 Å². The van der Waals surface area contributed by atoms with Crippen molar-refractivity contribution < 1.29 is 0 Å². The van der Waals surface area contributed by atoms with Gasteiger partial charge < -0.3 is 10.2 Å². The van der Waals surface area contributed by atoms with Crippen molar-refractivity contribution in [2.75, 3.05) is 20.1 Å². The lowest BCUT2D eigenvalue weighted by molar-refractivity contribution is 0.385. The molecular weight excluding hydrogens is 162 g/mol. The number of likely N-dealkylation sites (tertiary alicyclic amines) is 1. The summed E-state index contributed by atoms with van der Waals surface area (Å²) in [6.07, 6.45) is 0.604. The van der Waals surface area contributed by atoms with E-state index in [1.807, 2.05) is 0 Å². The van der Waals surface area contributed by atoms with Crippen molar-refractivity contribution in [3.63, 3.8) is 0 Å². The van der Waals surface area contributed by atoms with Crippen molar-refractivity contribution in [2.24, 2.45) is 5.92 Å². The van der Waals surface area contributed by atoms with Crippen molar-refractivity contribution in [3.8, 4) is 6.07 Å². The Morgan fingerprint density at radius 3 is 2.77 bits per heavy atom. The van der Waals surface area contributed by atoms with E-state index in [-0.39, 0.29) is 0 Å². The first-order chi connectivity index (χ1) is 6.13. The number of nitriles is 1. The van der Waals surface area contributed by atoms with Gasteiger partial charge >= 0.3 is 0 Å². The highest BCUT2D eigenvalue weighted by molar-refractivity contribution is 4.88. The molecule has 0 radical (unpaired) electrons. The predicted octanol–water partition coefficient (Wildman–Crippen LogP) is 0.828. The summed E-state index contributed by atoms with van der Waals surface area (Å²) < 4.78 is 0. The van der Waals surface area contributed by atoms with E-state index in [1.165, 1.54) is 0 Å². The highest BCUT2D eigenvalue weighted by Crippen LogP contribution is 2.15. The number of nitrogens with one attached hydrogen (secondary N) is 1. The summed E-state index contributed by atoms with van der Waals surface area (Å²) in [5.41, 5.74) is 0. The molecule has 3 heteroatoms. The van der Waals surface area contributed by atoms with Gasteiger partial charge in [-0.1, -0.05) is 6.92 Å². The average molecular weight is 181 g/mol. The second-order valence-corrected chi connectivity index (χ2v) is 4.23. The molecular formula is C10H19N3. The first-order valence-corrected chi connectivity index (χ1v) is 4.95. The zero-order valence-corrected chi connectivity index (χ0v) is 8.75. The third-order valence-electron chi connectivity index (χ3n) is 2.69. The maximum absolute atomic E-state index is 8.53. The molecule has 1 saturated heterocycles. The van der Waals surface area contributed by atoms with Gasteiger partial charge in [-0.3, -0.25) is 0 Å². The minimum absolute atomic E-state index is 0.323. The lowest BCUT2D eigenvalue weighted by Gasteiger charge is -2.20. The van der Waals surface area contributed by atoms with Crippen LogP contribution in [0.2, 0.25) is 0 Å². The van der Waals surface area contributed by atoms with Gasteiger partial charge in [-0.2, -0.15) is 5.26 Å². The summed E-state index contributed by atoms with van der Waals surface area (Å²) in [7, 11) is 2.15. The molecule has 0 aromatic carbocycles. The Balaban J connectivity index is 2.33. The summed E-state index contributed by atoms with van der Waals surface area (Å²) in [6, 6.07) is 3.08. The lowest BCUT2D eigenvalue weighted by atomic mass is 10.1. The molecule has 0 bridgehead atoms. The summed E-state index contributed by atoms with van der Waals surface area (Å²) in [5, 5.41) is 12.0. The highest BCUT2D eigenvalue weighted by atomic mass is 15.2. The zero-order valence-electron chi connectivity index (χ0n) is 8.75. The Morgan fingerprint density at radius 1 is 1.62 bits per heavy atom. The van der Waals surface area contributed by atoms with E-state index >= 15 is 0 Å². The fourth-order valence-corrected chi connectivity index (χ4v) is 1.99. The molecule has 13 heavy (non-hydrogen) atoms. The van der Waals surface area contributed by atoms with E-state index in [0.29, 0.717) is 24.4 Å². The Hall–Kier alpha value is -0.590. The van der Waals surface area contributed by atoms with Crippen molar-refractivity contribution in [2.45, 2.75) is 32.4 Å². The molecule has 1 aliphatic rings. The monoisotopic (exact) mass is 181 g/mol. The SMILES string of the molecule is CC(CC#N)NC1CN(C)CC1C. The van der Waals surface area contributed by atoms with Gasteiger partial charge in [0.25, 0.3) is 0 Å². The number of likely N-dealkylation sites (N-methyl/N-ethyl adjacent to an activating group) is 1. The van der Waals surface area contributed by atoms with Crippen LogP contribution >= 0.6 is 0 Å². The third kappa shape index (κ3) is 2.98. The van der Waals surface area contributed by atoms with Crippen molar-refractivity contribution >= 4 is 0 Å². The van der Waals surface area contributed by atoms with Crippen molar-refractivity contribution in [1.29, 1.82) is 5.26 Å². The number of hydrogen-bond acceptors (Lipinski definition) is 3. The molecule has 0 spiro atoms. The van der Waals surface area contributed by atoms with Crippen LogP contribution in [0.5, 0.6) is 0 Å². The largest absolute Gasteiger partial charge is 0.309 e. The maximum Gasteiger partial charge on any atom is 0.0638 e. The summed E-state index contributed by atoms with van der Waals surface area (Å²) in [6.45, 7) is 6.61. The molecule has 0 aromatic heterocycles. The Kier molecular flexibility index (Phi) is 3.71. The fourth-order valence-electron chi connectivity index (χ4n) is 1.99. The first-order valence-electron chi connectivity index (χ1n) is 4.95. The van der Waals surface area contributed by atoms with E-state index in [1.54, 1.807) is 0 Å². The molecule has 1 aliphatic heterocycles. The van der Waals surface area contributed by atoms with Gasteiger partial charge in [-0.15, -0.1) is 0 Å². The Bertz CT molecular complexity index is 197. The van der Waals surface area contributed by atoms with Crippen LogP contribution < -0.4 is 5.32 Å². The van der Waals surface area contributed by atoms with Gasteiger partial charge in [0.2, 0.25) is 0 Å². The van der Waals surface area contributed by atoms with Crippen LogP contribution in [0.1, 0.15) is 20.3 Å². The van der Waals surface area contributed by atoms with Gasteiger partial charge in [0.15, 0.2) is 0 Å². The topological polar surface area (TPSA) is 39.1 Å². The van der Waals surface area contributed by atoms with E-state index in [2.05, 4.69) is 37.2 Å². The molecule has 74 valence electrons. The average Bonchev–Trinajstić information content (AvgIpc) is 2.30. The van der Waals surface area contributed by atoms with Crippen LogP contribution in [0.25, 0.3) is 0 Å². The molecule has 0 aliphatic carbocycles. The second-order valence-electron chi connectivity index (χ2n) is 4.23. The van der Waals surface area contributed by atoms with E-state index < -0.39 is 0 Å². The van der Waals surface area contributed by atoms with E-state index in [4.69, 9.17) is 5.26 Å². The Labute approximate surface area is 80.7 Å². The molecule has 1 N–H and O–H groups in total. The molecule has 3 atom stereocenters. The predicted molar refractivity (Wildman–Crippen MR) is 53.3 cm³/mol. The van der Waals surface area contributed by atoms with E-state index in [9.17, 15) is 0 Å². The van der Waals surface area contributed by atoms with Crippen LogP contribution in [0, 0.1) is 17.2 Å². The second kappa shape index (κ2) is 4.59. The van der Waals surface area contributed by atoms with Gasteiger partial charge in [0.1, 0.15) is 0 Å². The normalized spacial score (nSPS) is 31.5. The van der Waals surface area contributed by atoms with Crippen LogP contribution in [0.4, 0.5) is 0 Å². The lowest BCUT2D eigenvalue weighted by Crippen LogP contribution is -2.40. The molecule has 0 amide bonds. The van der Waals surface area contributed by atoms with Crippen LogP contribution in [-0.2, 0) is 0 Å². The molecule has 3 nitrogen and oxygen atoms in total. The van der Waals surface area contributed by atoms with Gasteiger partial charge in [0, 0.05) is 25.2 Å². The van der Waals surface area contributed by atoms with Gasteiger partial charge in [0.05, 0.1) is 12.5 Å². The van der Waals surface area contributed by atoms with E-state index in [0.717, 1.165) is 13.1 Å². The quantitative estimate of drug-likeness (QED) is 0.701. The summed E-state index contributed by atoms with van der Waals surface area (Å²) in [5.74, 6) is 0.700. The highest BCUT2D eigenvalue weighted by Gasteiger charge is 2.27. The molecule has 0 aromatic rings. The summed E-state index contributed by atoms with van der Waals surface area (Å²) in [4.78, 5) is 2.33. The third-order valence-corrected chi connectivity index (χ3v) is 2.69. The molecule has 1 fully saturated rings. The van der Waals surface area contributed by atoms with Crippen molar-refractivity contribution in [3.05, 3.63) is 0 Å². The van der Waals surface area contributed by atoms with Crippen LogP contribution in [-0.4, -0.2) is 37.1 Å². The maximum atomic E-state index is 8.53. The molecule has 1 rings (SSSR count). The smallest absolute Gasteiger partial charge is 0.0638 e. The first kappa shape index (κ1) is 10.5. The van der Waals surface area contributed by atoms with Crippen molar-refractivity contribution in [1.82, 2.24) is 10.2 Å². The number of nitrogens with zero attached hydrogens (tertiary/aromatic N) is 2. The number of rotatable bonds is 3. The standard InChI is InChI=1S/C10H19N3/c1-8-6-13(3)7-10(8)12-9(2)4-5-11/h8-10,12H,4,6-7H2,1-3H3. The van der Waals surface area contributed by atoms with Crippen LogP contribution in [0.15, 0.2) is 0 Å². The summed E-state index contributed by atoms with van der Waals surface area (Å²) >= 11 is 0. The number of hydrogen-bond donors (Lipinski definition) is 1. The van der Waals surface area contributed by atoms with Crippen LogP contribution in [0.3, 0.4) is 0 Å². The molecule has 0 saturated carbocycles. The fraction of sp³-hybridized carbons (Fsp3) is 0.900. The molecule has 3 unspecified atom stereocenters. The Morgan fingerprint density at radius 2 is 2.31 bits per heavy atom. The van der Waals surface area contributed by atoms with Gasteiger partial charge in [-0.25, -0.2) is 0 Å². The molecule has 1 heterocycles. The zero-order chi connectivity index (χ0) is 9.84.